The molecule has 8 heteroatoms. The summed E-state index contributed by atoms with van der Waals surface area (Å²) in [5.74, 6) is 0.195. The van der Waals surface area contributed by atoms with Gasteiger partial charge in [-0.25, -0.2) is 4.79 Å². The van der Waals surface area contributed by atoms with E-state index in [9.17, 15) is 9.59 Å². The maximum atomic E-state index is 11.9. The number of hydrogen-bond acceptors (Lipinski definition) is 3. The highest BCUT2D eigenvalue weighted by molar-refractivity contribution is 6.18. The second kappa shape index (κ2) is 22.2. The highest BCUT2D eigenvalue weighted by Gasteiger charge is 2.18. The number of nitrogens with one attached hydrogen (secondary N) is 1. The topological polar surface area (TPSA) is 131 Å². The fourth-order valence-electron chi connectivity index (χ4n) is 2.62. The lowest BCUT2D eigenvalue weighted by molar-refractivity contribution is -0.142. The molecule has 0 aromatic carbocycles. The van der Waals surface area contributed by atoms with Gasteiger partial charge in [-0.05, 0) is 25.2 Å². The maximum Gasteiger partial charge on any atom is 0.326 e. The van der Waals surface area contributed by atoms with E-state index in [0.29, 0.717) is 31.7 Å². The lowest BCUT2D eigenvalue weighted by Gasteiger charge is -2.14. The van der Waals surface area contributed by atoms with Crippen LogP contribution in [-0.2, 0) is 9.59 Å². The van der Waals surface area contributed by atoms with E-state index >= 15 is 0 Å². The normalized spacial score (nSPS) is 11.4. The predicted octanol–water partition coefficient (Wildman–Crippen LogP) is 4.41. The van der Waals surface area contributed by atoms with Crippen molar-refractivity contribution in [1.82, 2.24) is 5.32 Å². The Kier molecular flexibility index (Phi) is 22.7. The monoisotopic (exact) mass is 448 g/mol. The van der Waals surface area contributed by atoms with Crippen LogP contribution in [0, 0.1) is 5.92 Å². The van der Waals surface area contributed by atoms with Gasteiger partial charge in [0.2, 0.25) is 5.91 Å². The van der Waals surface area contributed by atoms with Crippen LogP contribution in [0.25, 0.3) is 0 Å². The predicted molar refractivity (Wildman–Crippen MR) is 127 cm³/mol. The van der Waals surface area contributed by atoms with Crippen LogP contribution in [0.3, 0.4) is 0 Å². The van der Waals surface area contributed by atoms with Crippen LogP contribution in [0.5, 0.6) is 0 Å². The van der Waals surface area contributed by atoms with Crippen LogP contribution in [-0.4, -0.2) is 41.4 Å². The summed E-state index contributed by atoms with van der Waals surface area (Å²) in [6.45, 7) is 6.75. The number of nitrogens with zero attached hydrogens (tertiary/aromatic N) is 1. The third-order valence-corrected chi connectivity index (χ3v) is 5.01. The molecule has 6 N–H and O–H groups in total. The summed E-state index contributed by atoms with van der Waals surface area (Å²) < 4.78 is 0. The summed E-state index contributed by atoms with van der Waals surface area (Å²) >= 11 is 5.34. The minimum Gasteiger partial charge on any atom is -0.480 e. The van der Waals surface area contributed by atoms with Gasteiger partial charge in [0, 0.05) is 18.8 Å². The summed E-state index contributed by atoms with van der Waals surface area (Å²) in [6, 6.07) is -0.875. The Bertz CT molecular complexity index is 456. The molecule has 7 nitrogen and oxygen atoms in total. The number of aliphatic carboxylic acids is 1. The van der Waals surface area contributed by atoms with Gasteiger partial charge in [0.1, 0.15) is 6.04 Å². The molecule has 1 atom stereocenters. The lowest BCUT2D eigenvalue weighted by atomic mass is 10.1. The minimum absolute atomic E-state index is 0.0127. The van der Waals surface area contributed by atoms with Crippen LogP contribution in [0.4, 0.5) is 0 Å². The van der Waals surface area contributed by atoms with E-state index in [0.717, 1.165) is 25.1 Å². The number of carboxylic acid groups (broad SMARTS) is 1. The van der Waals surface area contributed by atoms with Crippen molar-refractivity contribution in [2.75, 3.05) is 12.4 Å². The highest BCUT2D eigenvalue weighted by Crippen LogP contribution is 2.10. The standard InChI is InChI=1S/C18H36N4O3.C4H9Cl/c1-2-3-4-5-6-7-8-9-10-13-16(23)22-15(17(24)25)12-11-14-21-18(19)20;1-4(2)3-5/h15H,2-14H2,1H3,(H,22,23)(H,24,25)(H4,19,20,21);4H,3H2,1-2H3. The van der Waals surface area contributed by atoms with Crippen molar-refractivity contribution in [3.63, 3.8) is 0 Å². The number of guanidine groups is 1. The van der Waals surface area contributed by atoms with Crippen LogP contribution in [0.15, 0.2) is 4.99 Å². The Hall–Kier alpha value is -1.50. The van der Waals surface area contributed by atoms with E-state index in [1.807, 2.05) is 0 Å². The molecule has 0 saturated heterocycles. The number of aliphatic imine (C=N–C) groups is 1. The molecule has 0 aliphatic heterocycles. The first kappa shape index (κ1) is 30.7. The van der Waals surface area contributed by atoms with E-state index in [-0.39, 0.29) is 11.9 Å². The Morgan fingerprint density at radius 2 is 1.47 bits per heavy atom. The van der Waals surface area contributed by atoms with Crippen molar-refractivity contribution in [2.45, 2.75) is 104 Å². The van der Waals surface area contributed by atoms with Gasteiger partial charge in [-0.15, -0.1) is 11.6 Å². The number of carbonyl (C=O) groups excluding carboxylic acids is 1. The van der Waals surface area contributed by atoms with Gasteiger partial charge in [-0.1, -0.05) is 72.1 Å². The van der Waals surface area contributed by atoms with Gasteiger partial charge in [-0.2, -0.15) is 0 Å². The van der Waals surface area contributed by atoms with Gasteiger partial charge in [0.05, 0.1) is 0 Å². The fraction of sp³-hybridized carbons (Fsp3) is 0.864. The number of amides is 1. The van der Waals surface area contributed by atoms with Gasteiger partial charge in [-0.3, -0.25) is 9.79 Å². The van der Waals surface area contributed by atoms with Crippen LogP contribution >= 0.6 is 11.6 Å². The summed E-state index contributed by atoms with van der Waals surface area (Å²) in [6.07, 6.45) is 11.9. The Balaban J connectivity index is 0. The molecule has 0 aliphatic carbocycles. The summed E-state index contributed by atoms with van der Waals surface area (Å²) in [5, 5.41) is 11.7. The Labute approximate surface area is 188 Å². The Morgan fingerprint density at radius 1 is 0.967 bits per heavy atom. The van der Waals surface area contributed by atoms with E-state index in [2.05, 4.69) is 31.1 Å². The van der Waals surface area contributed by atoms with Crippen molar-refractivity contribution in [3.05, 3.63) is 0 Å². The Morgan fingerprint density at radius 3 is 1.90 bits per heavy atom. The molecule has 1 unspecified atom stereocenters. The van der Waals surface area contributed by atoms with Crippen molar-refractivity contribution in [3.8, 4) is 0 Å². The zero-order valence-corrected chi connectivity index (χ0v) is 20.1. The van der Waals surface area contributed by atoms with Gasteiger partial charge >= 0.3 is 5.97 Å². The second-order valence-corrected chi connectivity index (χ2v) is 8.34. The molecular formula is C22H45ClN4O3. The molecule has 0 bridgehead atoms. The molecule has 178 valence electrons. The first-order valence-electron chi connectivity index (χ1n) is 11.4. The molecule has 0 aliphatic rings. The number of carboxylic acids is 1. The number of hydrogen-bond donors (Lipinski definition) is 4. The van der Waals surface area contributed by atoms with Crippen LogP contribution in [0.2, 0.25) is 0 Å². The number of unbranched alkanes of at least 4 members (excludes halogenated alkanes) is 8. The zero-order valence-electron chi connectivity index (χ0n) is 19.3. The number of alkyl halides is 1. The van der Waals surface area contributed by atoms with Gasteiger partial charge in [0.15, 0.2) is 5.96 Å². The molecule has 0 fully saturated rings. The van der Waals surface area contributed by atoms with Crippen molar-refractivity contribution in [2.24, 2.45) is 22.4 Å². The first-order valence-corrected chi connectivity index (χ1v) is 11.9. The fourth-order valence-corrected chi connectivity index (χ4v) is 2.62. The van der Waals surface area contributed by atoms with Crippen molar-refractivity contribution >= 4 is 29.4 Å². The molecule has 0 spiro atoms. The van der Waals surface area contributed by atoms with E-state index in [1.54, 1.807) is 0 Å². The highest BCUT2D eigenvalue weighted by atomic mass is 35.5. The molecule has 0 heterocycles. The molecule has 1 amide bonds. The van der Waals surface area contributed by atoms with Crippen molar-refractivity contribution in [1.29, 1.82) is 0 Å². The largest absolute Gasteiger partial charge is 0.480 e. The lowest BCUT2D eigenvalue weighted by Crippen LogP contribution is -2.40. The third-order valence-electron chi connectivity index (χ3n) is 4.39. The van der Waals surface area contributed by atoms with Gasteiger partial charge < -0.3 is 21.9 Å². The molecular weight excluding hydrogens is 404 g/mol. The molecule has 0 aromatic rings. The SMILES string of the molecule is CC(C)CCl.CCCCCCCCCCCC(=O)NC(CCCN=C(N)N)C(=O)O. The first-order chi connectivity index (χ1) is 14.2. The number of rotatable bonds is 17. The molecule has 0 saturated carbocycles. The molecule has 0 radical (unpaired) electrons. The van der Waals surface area contributed by atoms with Gasteiger partial charge in [0.25, 0.3) is 0 Å². The van der Waals surface area contributed by atoms with E-state index in [1.165, 1.54) is 38.5 Å². The van der Waals surface area contributed by atoms with E-state index < -0.39 is 12.0 Å². The van der Waals surface area contributed by atoms with Crippen LogP contribution in [0.1, 0.15) is 97.8 Å². The number of carbonyl (C=O) groups is 2. The minimum atomic E-state index is -1.02. The maximum absolute atomic E-state index is 11.9. The zero-order chi connectivity index (χ0) is 23.2. The quantitative estimate of drug-likeness (QED) is 0.113. The smallest absolute Gasteiger partial charge is 0.326 e. The van der Waals surface area contributed by atoms with Crippen molar-refractivity contribution < 1.29 is 14.7 Å². The summed E-state index contributed by atoms with van der Waals surface area (Å²) in [7, 11) is 0. The summed E-state index contributed by atoms with van der Waals surface area (Å²) in [5.41, 5.74) is 10.4. The molecule has 0 aromatic heterocycles. The van der Waals surface area contributed by atoms with E-state index in [4.69, 9.17) is 28.2 Å². The molecule has 0 rings (SSSR count). The second-order valence-electron chi connectivity index (χ2n) is 8.03. The van der Waals surface area contributed by atoms with Crippen LogP contribution < -0.4 is 16.8 Å². The summed E-state index contributed by atoms with van der Waals surface area (Å²) in [4.78, 5) is 26.9. The number of nitrogens with two attached hydrogens (primary N) is 2. The number of halogens is 1. The third kappa shape index (κ3) is 24.5. The average Bonchev–Trinajstić information content (AvgIpc) is 2.69. The molecule has 30 heavy (non-hydrogen) atoms. The average molecular weight is 449 g/mol.